The van der Waals surface area contributed by atoms with Gasteiger partial charge in [-0.1, -0.05) is 18.9 Å². The van der Waals surface area contributed by atoms with Crippen LogP contribution in [0.5, 0.6) is 0 Å². The fraction of sp³-hybridized carbons (Fsp3) is 0.500. The van der Waals surface area contributed by atoms with E-state index >= 15 is 0 Å². The highest BCUT2D eigenvalue weighted by atomic mass is 35.5. The summed E-state index contributed by atoms with van der Waals surface area (Å²) in [6.45, 7) is 0. The molecule has 0 amide bonds. The van der Waals surface area contributed by atoms with Crippen molar-refractivity contribution in [1.29, 1.82) is 0 Å². The molecule has 0 radical (unpaired) electrons. The van der Waals surface area contributed by atoms with Crippen LogP contribution < -0.4 is 5.69 Å². The lowest BCUT2D eigenvalue weighted by molar-refractivity contribution is 0.706. The number of aromatic nitrogens is 2. The third-order valence-corrected chi connectivity index (χ3v) is 4.33. The highest BCUT2D eigenvalue weighted by Crippen LogP contribution is 2.40. The standard InChI is InChI=1S/C14H17ClN2O/c1-16-12-6-5-10(11(15)7-9-3-4-9)8-13(12)17(2)14(16)18/h5-6,8-9,11H,3-4,7H2,1-2H3. The SMILES string of the molecule is Cn1c(=O)n(C)c2cc(C(Cl)CC3CC3)ccc21. The van der Waals surface area contributed by atoms with Crippen molar-refractivity contribution in [2.45, 2.75) is 24.6 Å². The maximum absolute atomic E-state index is 11.8. The van der Waals surface area contributed by atoms with Crippen molar-refractivity contribution in [2.24, 2.45) is 20.0 Å². The summed E-state index contributed by atoms with van der Waals surface area (Å²) in [6, 6.07) is 6.09. The van der Waals surface area contributed by atoms with Gasteiger partial charge < -0.3 is 0 Å². The minimum Gasteiger partial charge on any atom is -0.295 e. The second-order valence-corrected chi connectivity index (χ2v) is 5.82. The maximum Gasteiger partial charge on any atom is 0.328 e. The molecule has 0 spiro atoms. The number of hydrogen-bond donors (Lipinski definition) is 0. The molecule has 3 rings (SSSR count). The lowest BCUT2D eigenvalue weighted by Gasteiger charge is -2.09. The van der Waals surface area contributed by atoms with Crippen LogP contribution in [0.4, 0.5) is 0 Å². The molecule has 1 unspecified atom stereocenters. The van der Waals surface area contributed by atoms with Crippen LogP contribution in [0, 0.1) is 5.92 Å². The van der Waals surface area contributed by atoms with E-state index in [0.717, 1.165) is 28.9 Å². The zero-order valence-corrected chi connectivity index (χ0v) is 11.4. The van der Waals surface area contributed by atoms with Crippen molar-refractivity contribution in [3.05, 3.63) is 34.2 Å². The Kier molecular flexibility index (Phi) is 2.74. The molecule has 96 valence electrons. The molecule has 1 aliphatic rings. The van der Waals surface area contributed by atoms with Gasteiger partial charge in [-0.25, -0.2) is 4.79 Å². The van der Waals surface area contributed by atoms with Crippen molar-refractivity contribution >= 4 is 22.6 Å². The summed E-state index contributed by atoms with van der Waals surface area (Å²) in [5.41, 5.74) is 3.05. The van der Waals surface area contributed by atoms with Gasteiger partial charge in [0.05, 0.1) is 16.4 Å². The molecule has 0 N–H and O–H groups in total. The molecule has 0 bridgehead atoms. The second-order valence-electron chi connectivity index (χ2n) is 5.30. The summed E-state index contributed by atoms with van der Waals surface area (Å²) < 4.78 is 3.35. The summed E-state index contributed by atoms with van der Waals surface area (Å²) in [5, 5.41) is 0.0669. The van der Waals surface area contributed by atoms with Gasteiger partial charge in [0.25, 0.3) is 0 Å². The summed E-state index contributed by atoms with van der Waals surface area (Å²) in [5.74, 6) is 0.808. The van der Waals surface area contributed by atoms with Crippen LogP contribution in [0.1, 0.15) is 30.2 Å². The number of aryl methyl sites for hydroxylation is 2. The Bertz CT molecular complexity index is 652. The first-order valence-electron chi connectivity index (χ1n) is 6.37. The number of alkyl halides is 1. The Morgan fingerprint density at radius 1 is 1.28 bits per heavy atom. The molecule has 1 fully saturated rings. The Balaban J connectivity index is 2.04. The highest BCUT2D eigenvalue weighted by molar-refractivity contribution is 6.20. The minimum absolute atomic E-state index is 0.00969. The molecular formula is C14H17ClN2O. The summed E-state index contributed by atoms with van der Waals surface area (Å²) in [7, 11) is 3.60. The molecule has 2 aromatic rings. The van der Waals surface area contributed by atoms with E-state index in [1.54, 1.807) is 23.2 Å². The highest BCUT2D eigenvalue weighted by Gasteiger charge is 2.25. The minimum atomic E-state index is 0.00969. The first-order chi connectivity index (χ1) is 8.58. The lowest BCUT2D eigenvalue weighted by atomic mass is 10.1. The number of nitrogens with zero attached hydrogens (tertiary/aromatic N) is 2. The van der Waals surface area contributed by atoms with Gasteiger partial charge in [0.15, 0.2) is 0 Å². The Labute approximate surface area is 111 Å². The van der Waals surface area contributed by atoms with Crippen molar-refractivity contribution in [3.8, 4) is 0 Å². The van der Waals surface area contributed by atoms with Gasteiger partial charge in [-0.05, 0) is 30.0 Å². The van der Waals surface area contributed by atoms with Crippen molar-refractivity contribution in [2.75, 3.05) is 0 Å². The van der Waals surface area contributed by atoms with Crippen LogP contribution in [-0.4, -0.2) is 9.13 Å². The van der Waals surface area contributed by atoms with Crippen molar-refractivity contribution < 1.29 is 0 Å². The predicted molar refractivity (Wildman–Crippen MR) is 74.1 cm³/mol. The largest absolute Gasteiger partial charge is 0.328 e. The molecular weight excluding hydrogens is 248 g/mol. The van der Waals surface area contributed by atoms with Gasteiger partial charge in [0, 0.05) is 14.1 Å². The molecule has 3 nitrogen and oxygen atoms in total. The molecule has 1 atom stereocenters. The molecule has 0 aliphatic heterocycles. The molecule has 1 aromatic heterocycles. The zero-order valence-electron chi connectivity index (χ0n) is 10.7. The number of rotatable bonds is 3. The van der Waals surface area contributed by atoms with E-state index in [2.05, 4.69) is 6.07 Å². The van der Waals surface area contributed by atoms with Crippen LogP contribution >= 0.6 is 11.6 Å². The quantitative estimate of drug-likeness (QED) is 0.783. The topological polar surface area (TPSA) is 26.9 Å². The van der Waals surface area contributed by atoms with Gasteiger partial charge in [-0.2, -0.15) is 0 Å². The number of benzene rings is 1. The van der Waals surface area contributed by atoms with E-state index in [4.69, 9.17) is 11.6 Å². The van der Waals surface area contributed by atoms with Crippen molar-refractivity contribution in [3.63, 3.8) is 0 Å². The molecule has 1 aliphatic carbocycles. The average molecular weight is 265 g/mol. The molecule has 4 heteroatoms. The molecule has 1 heterocycles. The second kappa shape index (κ2) is 4.16. The van der Waals surface area contributed by atoms with Gasteiger partial charge in [0.1, 0.15) is 0 Å². The van der Waals surface area contributed by atoms with Gasteiger partial charge >= 0.3 is 5.69 Å². The van der Waals surface area contributed by atoms with Crippen LogP contribution in [0.3, 0.4) is 0 Å². The summed E-state index contributed by atoms with van der Waals surface area (Å²) in [4.78, 5) is 11.8. The van der Waals surface area contributed by atoms with E-state index in [1.807, 2.05) is 12.1 Å². The first kappa shape index (κ1) is 11.8. The van der Waals surface area contributed by atoms with Crippen LogP contribution in [-0.2, 0) is 14.1 Å². The average Bonchev–Trinajstić information content (AvgIpc) is 3.15. The van der Waals surface area contributed by atoms with Crippen molar-refractivity contribution in [1.82, 2.24) is 9.13 Å². The van der Waals surface area contributed by atoms with Gasteiger partial charge in [0.2, 0.25) is 0 Å². The maximum atomic E-state index is 11.8. The Morgan fingerprint density at radius 3 is 2.61 bits per heavy atom. The van der Waals surface area contributed by atoms with E-state index in [0.29, 0.717) is 0 Å². The molecule has 18 heavy (non-hydrogen) atoms. The Morgan fingerprint density at radius 2 is 1.94 bits per heavy atom. The van der Waals surface area contributed by atoms with Gasteiger partial charge in [-0.15, -0.1) is 11.6 Å². The smallest absolute Gasteiger partial charge is 0.295 e. The van der Waals surface area contributed by atoms with E-state index < -0.39 is 0 Å². The molecule has 0 saturated heterocycles. The first-order valence-corrected chi connectivity index (χ1v) is 6.81. The lowest BCUT2D eigenvalue weighted by Crippen LogP contribution is -2.19. The summed E-state index contributed by atoms with van der Waals surface area (Å²) >= 11 is 6.45. The van der Waals surface area contributed by atoms with Crippen LogP contribution in [0.2, 0.25) is 0 Å². The fourth-order valence-electron chi connectivity index (χ4n) is 2.50. The van der Waals surface area contributed by atoms with Gasteiger partial charge in [-0.3, -0.25) is 9.13 Å². The number of fused-ring (bicyclic) bond motifs is 1. The third-order valence-electron chi connectivity index (χ3n) is 3.89. The number of hydrogen-bond acceptors (Lipinski definition) is 1. The van der Waals surface area contributed by atoms with E-state index in [1.165, 1.54) is 12.8 Å². The van der Waals surface area contributed by atoms with E-state index in [9.17, 15) is 4.79 Å². The summed E-state index contributed by atoms with van der Waals surface area (Å²) in [6.07, 6.45) is 3.68. The van der Waals surface area contributed by atoms with Crippen LogP contribution in [0.25, 0.3) is 11.0 Å². The van der Waals surface area contributed by atoms with Crippen LogP contribution in [0.15, 0.2) is 23.0 Å². The predicted octanol–water partition coefficient (Wildman–Crippen LogP) is 2.96. The molecule has 1 saturated carbocycles. The molecule has 1 aromatic carbocycles. The normalized spacial score (nSPS) is 17.3. The number of imidazole rings is 1. The zero-order chi connectivity index (χ0) is 12.9. The third kappa shape index (κ3) is 1.87. The Hall–Kier alpha value is -1.22. The monoisotopic (exact) mass is 264 g/mol. The fourth-order valence-corrected chi connectivity index (χ4v) is 2.89. The van der Waals surface area contributed by atoms with E-state index in [-0.39, 0.29) is 11.1 Å². The number of halogens is 1.